The molecule has 0 saturated carbocycles. The fourth-order valence-electron chi connectivity index (χ4n) is 0.246. The molecule has 0 atom stereocenters. The van der Waals surface area contributed by atoms with Crippen molar-refractivity contribution in [1.82, 2.24) is 0 Å². The van der Waals surface area contributed by atoms with Crippen LogP contribution in [-0.2, 0) is 9.59 Å². The average molecular weight is 216 g/mol. The molecule has 5 heteroatoms. The van der Waals surface area contributed by atoms with Crippen molar-refractivity contribution >= 4 is 57.4 Å². The summed E-state index contributed by atoms with van der Waals surface area (Å²) in [7, 11) is 0. The quantitative estimate of drug-likeness (QED) is 0.373. The molecule has 0 N–H and O–H groups in total. The predicted octanol–water partition coefficient (Wildman–Crippen LogP) is -2.95. The number of hydrogen-bond acceptors (Lipinski definition) is 4. The van der Waals surface area contributed by atoms with Crippen molar-refractivity contribution in [3.63, 3.8) is 0 Å². The molecule has 0 aliphatic carbocycles. The summed E-state index contributed by atoms with van der Waals surface area (Å²) in [6, 6.07) is 0. The smallest absolute Gasteiger partial charge is 0.550 e. The van der Waals surface area contributed by atoms with Crippen LogP contribution in [0.15, 0.2) is 12.2 Å². The van der Waals surface area contributed by atoms with E-state index in [9.17, 15) is 19.8 Å². The minimum Gasteiger partial charge on any atom is -0.550 e. The molecule has 0 aromatic heterocycles. The van der Waals surface area contributed by atoms with E-state index >= 15 is 0 Å². The van der Waals surface area contributed by atoms with Gasteiger partial charge in [0.2, 0.25) is 0 Å². The van der Waals surface area contributed by atoms with E-state index in [4.69, 9.17) is 0 Å². The van der Waals surface area contributed by atoms with Crippen LogP contribution in [0.2, 0.25) is 0 Å². The summed E-state index contributed by atoms with van der Waals surface area (Å²) in [5.74, 6) is -3.02. The Labute approximate surface area is 94.8 Å². The Morgan fingerprint density at radius 3 is 1.80 bits per heavy atom. The minimum atomic E-state index is -1.56. The zero-order valence-corrected chi connectivity index (χ0v) is 8.73. The van der Waals surface area contributed by atoms with Crippen LogP contribution in [0.5, 0.6) is 0 Å². The van der Waals surface area contributed by atoms with E-state index in [1.54, 1.807) is 0 Å². The fourth-order valence-corrected chi connectivity index (χ4v) is 0.246. The third-order valence-electron chi connectivity index (χ3n) is 0.646. The summed E-state index contributed by atoms with van der Waals surface area (Å²) < 4.78 is 0. The molecule has 0 saturated heterocycles. The molecule has 0 spiro atoms. The first-order valence-electron chi connectivity index (χ1n) is 2.13. The van der Waals surface area contributed by atoms with Gasteiger partial charge in [-0.3, -0.25) is 0 Å². The molecule has 4 nitrogen and oxygen atoms in total. The average Bonchev–Trinajstić information content (AvgIpc) is 1.63. The topological polar surface area (TPSA) is 80.3 Å². The van der Waals surface area contributed by atoms with E-state index < -0.39 is 23.9 Å². The standard InChI is InChI=1S/C5H6O4.Sr/c1-3(5(8)9)2-4(6)7;/h1-2H2,(H,6,7)(H,8,9);/q;+2/p-2. The van der Waals surface area contributed by atoms with E-state index in [1.165, 1.54) is 0 Å². The number of aliphatic carboxylic acids is 2. The van der Waals surface area contributed by atoms with Crippen molar-refractivity contribution in [2.45, 2.75) is 6.42 Å². The van der Waals surface area contributed by atoms with Crippen LogP contribution in [0.25, 0.3) is 0 Å². The molecule has 0 heterocycles. The molecule has 0 aliphatic rings. The van der Waals surface area contributed by atoms with Gasteiger partial charge in [-0.2, -0.15) is 0 Å². The number of carboxylic acids is 2. The summed E-state index contributed by atoms with van der Waals surface area (Å²) in [5.41, 5.74) is -0.477. The van der Waals surface area contributed by atoms with Crippen LogP contribution in [0.1, 0.15) is 6.42 Å². The van der Waals surface area contributed by atoms with Crippen molar-refractivity contribution in [3.05, 3.63) is 12.2 Å². The van der Waals surface area contributed by atoms with E-state index in [2.05, 4.69) is 6.58 Å². The SMILES string of the molecule is C=C(CC(=O)[O-])C(=O)[O-].[Sr+2]. The number of carboxylic acid groups (broad SMARTS) is 2. The number of carbonyl (C=O) groups is 2. The van der Waals surface area contributed by atoms with E-state index in [0.717, 1.165) is 0 Å². The molecule has 0 amide bonds. The Kier molecular flexibility index (Phi) is 7.57. The Bertz CT molecular complexity index is 163. The zero-order valence-electron chi connectivity index (χ0n) is 5.25. The van der Waals surface area contributed by atoms with Gasteiger partial charge in [-0.1, -0.05) is 6.58 Å². The molecule has 10 heavy (non-hydrogen) atoms. The van der Waals surface area contributed by atoms with Gasteiger partial charge in [0.25, 0.3) is 0 Å². The van der Waals surface area contributed by atoms with Crippen LogP contribution >= 0.6 is 0 Å². The summed E-state index contributed by atoms with van der Waals surface area (Å²) in [6.07, 6.45) is -0.678. The maximum Gasteiger partial charge on any atom is 2.00 e. The second kappa shape index (κ2) is 5.91. The van der Waals surface area contributed by atoms with E-state index in [0.29, 0.717) is 0 Å². The van der Waals surface area contributed by atoms with Crippen molar-refractivity contribution in [2.75, 3.05) is 0 Å². The molecule has 50 valence electrons. The van der Waals surface area contributed by atoms with Crippen LogP contribution in [0, 0.1) is 0 Å². The molecular formula is C5H4O4Sr. The molecule has 0 fully saturated rings. The molecule has 0 aromatic carbocycles. The summed E-state index contributed by atoms with van der Waals surface area (Å²) >= 11 is 0. The molecule has 0 unspecified atom stereocenters. The third-order valence-corrected chi connectivity index (χ3v) is 0.646. The second-order valence-electron chi connectivity index (χ2n) is 1.44. The van der Waals surface area contributed by atoms with Gasteiger partial charge in [0, 0.05) is 12.4 Å². The van der Waals surface area contributed by atoms with Gasteiger partial charge >= 0.3 is 45.5 Å². The van der Waals surface area contributed by atoms with Crippen molar-refractivity contribution < 1.29 is 19.8 Å². The molecular weight excluding hydrogens is 212 g/mol. The largest absolute Gasteiger partial charge is 2.00 e. The molecule has 0 radical (unpaired) electrons. The monoisotopic (exact) mass is 216 g/mol. The van der Waals surface area contributed by atoms with Crippen LogP contribution in [-0.4, -0.2) is 57.4 Å². The first kappa shape index (κ1) is 12.8. The molecule has 0 aromatic rings. The molecule has 0 aliphatic heterocycles. The zero-order chi connectivity index (χ0) is 7.44. The van der Waals surface area contributed by atoms with Gasteiger partial charge in [-0.05, 0) is 5.57 Å². The van der Waals surface area contributed by atoms with Crippen LogP contribution in [0.4, 0.5) is 0 Å². The van der Waals surface area contributed by atoms with Crippen LogP contribution in [0.3, 0.4) is 0 Å². The Morgan fingerprint density at radius 1 is 1.30 bits per heavy atom. The van der Waals surface area contributed by atoms with Gasteiger partial charge in [0.15, 0.2) is 0 Å². The van der Waals surface area contributed by atoms with Crippen molar-refractivity contribution in [2.24, 2.45) is 0 Å². The number of hydrogen-bond donors (Lipinski definition) is 0. The normalized spacial score (nSPS) is 7.60. The number of rotatable bonds is 3. The summed E-state index contributed by atoms with van der Waals surface area (Å²) in [5, 5.41) is 19.4. The molecule has 0 rings (SSSR count). The summed E-state index contributed by atoms with van der Waals surface area (Å²) in [6.45, 7) is 2.91. The fraction of sp³-hybridized carbons (Fsp3) is 0.200. The van der Waals surface area contributed by atoms with Crippen molar-refractivity contribution in [1.29, 1.82) is 0 Å². The second-order valence-corrected chi connectivity index (χ2v) is 1.44. The Hall–Kier alpha value is 0.161. The Morgan fingerprint density at radius 2 is 1.70 bits per heavy atom. The van der Waals surface area contributed by atoms with Gasteiger partial charge in [0.1, 0.15) is 0 Å². The Balaban J connectivity index is 0. The first-order valence-corrected chi connectivity index (χ1v) is 2.13. The maximum absolute atomic E-state index is 9.73. The third kappa shape index (κ3) is 6.28. The van der Waals surface area contributed by atoms with Gasteiger partial charge < -0.3 is 19.8 Å². The van der Waals surface area contributed by atoms with Gasteiger partial charge in [-0.15, -0.1) is 0 Å². The van der Waals surface area contributed by atoms with E-state index in [-0.39, 0.29) is 45.5 Å². The number of carbonyl (C=O) groups excluding carboxylic acids is 2. The molecule has 0 bridgehead atoms. The van der Waals surface area contributed by atoms with Crippen LogP contribution < -0.4 is 10.2 Å². The summed E-state index contributed by atoms with van der Waals surface area (Å²) in [4.78, 5) is 19.4. The van der Waals surface area contributed by atoms with E-state index in [1.807, 2.05) is 0 Å². The predicted molar refractivity (Wildman–Crippen MR) is 29.5 cm³/mol. The van der Waals surface area contributed by atoms with Gasteiger partial charge in [-0.25, -0.2) is 0 Å². The van der Waals surface area contributed by atoms with Gasteiger partial charge in [0.05, 0.1) is 5.97 Å². The maximum atomic E-state index is 9.73. The first-order chi connectivity index (χ1) is 4.04. The van der Waals surface area contributed by atoms with Crippen molar-refractivity contribution in [3.8, 4) is 0 Å². The minimum absolute atomic E-state index is 0.